The maximum Gasteiger partial charge on any atom is 0.311 e. The van der Waals surface area contributed by atoms with Crippen LogP contribution in [0.1, 0.15) is 24.0 Å². The predicted octanol–water partition coefficient (Wildman–Crippen LogP) is 3.95. The van der Waals surface area contributed by atoms with Gasteiger partial charge < -0.3 is 9.47 Å². The first-order valence-electron chi connectivity index (χ1n) is 8.72. The second-order valence-electron chi connectivity index (χ2n) is 6.08. The fourth-order valence-electron chi connectivity index (χ4n) is 2.69. The smallest absolute Gasteiger partial charge is 0.311 e. The summed E-state index contributed by atoms with van der Waals surface area (Å²) in [5.41, 5.74) is 1.80. The molecule has 1 aliphatic heterocycles. The van der Waals surface area contributed by atoms with Crippen molar-refractivity contribution in [1.82, 2.24) is 5.32 Å². The van der Waals surface area contributed by atoms with E-state index in [1.165, 1.54) is 12.7 Å². The zero-order valence-electron chi connectivity index (χ0n) is 15.3. The molecule has 0 bridgehead atoms. The van der Waals surface area contributed by atoms with Crippen LogP contribution in [0.3, 0.4) is 0 Å². The molecule has 1 heterocycles. The van der Waals surface area contributed by atoms with Crippen LogP contribution in [0.4, 0.5) is 4.79 Å². The molecule has 2 amide bonds. The Labute approximate surface area is 166 Å². The second kappa shape index (κ2) is 9.23. The molecule has 144 valence electrons. The molecule has 28 heavy (non-hydrogen) atoms. The summed E-state index contributed by atoms with van der Waals surface area (Å²) in [6.07, 6.45) is 3.31. The third-order valence-electron chi connectivity index (χ3n) is 4.04. The van der Waals surface area contributed by atoms with Crippen molar-refractivity contribution < 1.29 is 23.9 Å². The number of rotatable bonds is 7. The van der Waals surface area contributed by atoms with E-state index >= 15 is 0 Å². The van der Waals surface area contributed by atoms with Crippen LogP contribution in [0.25, 0.3) is 6.08 Å². The zero-order chi connectivity index (χ0) is 19.9. The summed E-state index contributed by atoms with van der Waals surface area (Å²) in [6, 6.07) is 14.9. The molecule has 2 aromatic rings. The summed E-state index contributed by atoms with van der Waals surface area (Å²) in [5.74, 6) is -0.109. The Morgan fingerprint density at radius 2 is 1.89 bits per heavy atom. The molecule has 1 aliphatic rings. The molecule has 0 unspecified atom stereocenters. The van der Waals surface area contributed by atoms with Gasteiger partial charge in [0.2, 0.25) is 0 Å². The van der Waals surface area contributed by atoms with Crippen LogP contribution in [0.15, 0.2) is 53.4 Å². The van der Waals surface area contributed by atoms with E-state index in [1.54, 1.807) is 24.3 Å². The van der Waals surface area contributed by atoms with Crippen LogP contribution in [0.2, 0.25) is 0 Å². The minimum Gasteiger partial charge on any atom is -0.493 e. The van der Waals surface area contributed by atoms with E-state index in [2.05, 4.69) is 5.32 Å². The molecule has 2 aromatic carbocycles. The normalized spacial score (nSPS) is 14.8. The highest BCUT2D eigenvalue weighted by molar-refractivity contribution is 8.18. The van der Waals surface area contributed by atoms with Crippen molar-refractivity contribution in [2.45, 2.75) is 19.3 Å². The largest absolute Gasteiger partial charge is 0.493 e. The van der Waals surface area contributed by atoms with E-state index < -0.39 is 11.1 Å². The monoisotopic (exact) mass is 397 g/mol. The van der Waals surface area contributed by atoms with Gasteiger partial charge in [0.25, 0.3) is 11.1 Å². The van der Waals surface area contributed by atoms with Gasteiger partial charge in [0.1, 0.15) is 0 Å². The molecular formula is C21H19NO5S. The number of carbonyl (C=O) groups excluding carboxylic acids is 3. The first kappa shape index (κ1) is 19.7. The van der Waals surface area contributed by atoms with Crippen molar-refractivity contribution in [3.8, 4) is 11.5 Å². The van der Waals surface area contributed by atoms with Gasteiger partial charge in [0.15, 0.2) is 11.5 Å². The van der Waals surface area contributed by atoms with Gasteiger partial charge in [-0.25, -0.2) is 0 Å². The van der Waals surface area contributed by atoms with Crippen LogP contribution < -0.4 is 14.8 Å². The highest BCUT2D eigenvalue weighted by Crippen LogP contribution is 2.31. The number of nitrogens with one attached hydrogen (secondary N) is 1. The molecule has 0 atom stereocenters. The summed E-state index contributed by atoms with van der Waals surface area (Å²) in [5, 5.41) is 1.79. The zero-order valence-corrected chi connectivity index (χ0v) is 16.1. The number of carbonyl (C=O) groups is 3. The Balaban J connectivity index is 1.65. The van der Waals surface area contributed by atoms with Gasteiger partial charge in [0.05, 0.1) is 12.0 Å². The number of aryl methyl sites for hydroxylation is 1. The number of methoxy groups -OCH3 is 1. The van der Waals surface area contributed by atoms with Crippen molar-refractivity contribution in [2.75, 3.05) is 7.11 Å². The summed E-state index contributed by atoms with van der Waals surface area (Å²) >= 11 is 0.830. The van der Waals surface area contributed by atoms with Gasteiger partial charge in [-0.2, -0.15) is 0 Å². The summed E-state index contributed by atoms with van der Waals surface area (Å²) < 4.78 is 10.7. The summed E-state index contributed by atoms with van der Waals surface area (Å²) in [7, 11) is 1.49. The van der Waals surface area contributed by atoms with Crippen LogP contribution in [-0.4, -0.2) is 24.2 Å². The van der Waals surface area contributed by atoms with E-state index in [0.29, 0.717) is 17.7 Å². The average molecular weight is 397 g/mol. The molecule has 3 rings (SSSR count). The minimum absolute atomic E-state index is 0.274. The molecule has 6 nitrogen and oxygen atoms in total. The molecule has 0 spiro atoms. The van der Waals surface area contributed by atoms with E-state index in [0.717, 1.165) is 18.2 Å². The SMILES string of the molecule is COc1ccc(/C=C2\SC(=O)NC2=O)cc1OC(=O)CCCc1ccccc1. The molecule has 1 fully saturated rings. The molecule has 0 aromatic heterocycles. The van der Waals surface area contributed by atoms with Crippen LogP contribution >= 0.6 is 11.8 Å². The Morgan fingerprint density at radius 3 is 2.57 bits per heavy atom. The van der Waals surface area contributed by atoms with E-state index in [9.17, 15) is 14.4 Å². The third-order valence-corrected chi connectivity index (χ3v) is 4.85. The van der Waals surface area contributed by atoms with Gasteiger partial charge in [-0.15, -0.1) is 0 Å². The third kappa shape index (κ3) is 5.23. The van der Waals surface area contributed by atoms with E-state index in [-0.39, 0.29) is 23.0 Å². The summed E-state index contributed by atoms with van der Waals surface area (Å²) in [6.45, 7) is 0. The standard InChI is InChI=1S/C21H19NO5S/c1-26-16-11-10-15(13-18-20(24)22-21(25)28-18)12-17(16)27-19(23)9-5-8-14-6-3-2-4-7-14/h2-4,6-7,10-13H,5,8-9H2,1H3,(H,22,24,25)/b18-13-. The Bertz CT molecular complexity index is 924. The first-order valence-corrected chi connectivity index (χ1v) is 9.54. The molecule has 0 radical (unpaired) electrons. The number of benzene rings is 2. The second-order valence-corrected chi connectivity index (χ2v) is 7.09. The number of imide groups is 1. The van der Waals surface area contributed by atoms with Crippen LogP contribution in [-0.2, 0) is 16.0 Å². The van der Waals surface area contributed by atoms with E-state index in [4.69, 9.17) is 9.47 Å². The lowest BCUT2D eigenvalue weighted by atomic mass is 10.1. The first-order chi connectivity index (χ1) is 13.5. The van der Waals surface area contributed by atoms with Gasteiger partial charge in [0, 0.05) is 6.42 Å². The number of hydrogen-bond donors (Lipinski definition) is 1. The maximum absolute atomic E-state index is 12.2. The Morgan fingerprint density at radius 1 is 1.11 bits per heavy atom. The molecule has 7 heteroatoms. The quantitative estimate of drug-likeness (QED) is 0.433. The highest BCUT2D eigenvalue weighted by atomic mass is 32.2. The number of ether oxygens (including phenoxy) is 2. The van der Waals surface area contributed by atoms with Gasteiger partial charge in [-0.3, -0.25) is 19.7 Å². The topological polar surface area (TPSA) is 81.7 Å². The molecule has 1 saturated heterocycles. The van der Waals surface area contributed by atoms with Crippen molar-refractivity contribution in [2.24, 2.45) is 0 Å². The number of amides is 2. The lowest BCUT2D eigenvalue weighted by molar-refractivity contribution is -0.134. The Kier molecular flexibility index (Phi) is 6.49. The van der Waals surface area contributed by atoms with Gasteiger partial charge >= 0.3 is 5.97 Å². The van der Waals surface area contributed by atoms with Gasteiger partial charge in [-0.1, -0.05) is 36.4 Å². The number of thioether (sulfide) groups is 1. The summed E-state index contributed by atoms with van der Waals surface area (Å²) in [4.78, 5) is 35.5. The van der Waals surface area contributed by atoms with Crippen LogP contribution in [0, 0.1) is 0 Å². The van der Waals surface area contributed by atoms with Gasteiger partial charge in [-0.05, 0) is 53.9 Å². The highest BCUT2D eigenvalue weighted by Gasteiger charge is 2.25. The predicted molar refractivity (Wildman–Crippen MR) is 107 cm³/mol. The molecular weight excluding hydrogens is 378 g/mol. The van der Waals surface area contributed by atoms with E-state index in [1.807, 2.05) is 30.3 Å². The maximum atomic E-state index is 12.2. The van der Waals surface area contributed by atoms with Crippen molar-refractivity contribution in [1.29, 1.82) is 0 Å². The lowest BCUT2D eigenvalue weighted by Crippen LogP contribution is -2.17. The van der Waals surface area contributed by atoms with Crippen molar-refractivity contribution >= 4 is 35.0 Å². The van der Waals surface area contributed by atoms with Crippen molar-refractivity contribution in [3.05, 3.63) is 64.6 Å². The number of esters is 1. The minimum atomic E-state index is -0.440. The van der Waals surface area contributed by atoms with Crippen LogP contribution in [0.5, 0.6) is 11.5 Å². The fraction of sp³-hybridized carbons (Fsp3) is 0.190. The Hall–Kier alpha value is -3.06. The number of hydrogen-bond acceptors (Lipinski definition) is 6. The average Bonchev–Trinajstić information content (AvgIpc) is 3.00. The molecule has 0 aliphatic carbocycles. The van der Waals surface area contributed by atoms with Crippen molar-refractivity contribution in [3.63, 3.8) is 0 Å². The fourth-order valence-corrected chi connectivity index (χ4v) is 3.37. The molecule has 0 saturated carbocycles. The lowest BCUT2D eigenvalue weighted by Gasteiger charge is -2.10. The molecule has 1 N–H and O–H groups in total.